The topological polar surface area (TPSA) is 40.7 Å². The first-order chi connectivity index (χ1) is 7.43. The van der Waals surface area contributed by atoms with Gasteiger partial charge < -0.3 is 10.3 Å². The molecule has 1 aromatic rings. The van der Waals surface area contributed by atoms with Crippen molar-refractivity contribution in [3.05, 3.63) is 30.4 Å². The fraction of sp³-hybridized carbons (Fsp3) is 0.583. The molecule has 3 atom stereocenters. The van der Waals surface area contributed by atoms with Gasteiger partial charge in [-0.3, -0.25) is 0 Å². The molecule has 3 heteroatoms. The maximum Gasteiger partial charge on any atom is 0.107 e. The molecule has 80 valence electrons. The van der Waals surface area contributed by atoms with E-state index in [4.69, 9.17) is 0 Å². The third-order valence-electron chi connectivity index (χ3n) is 3.69. The van der Waals surface area contributed by atoms with E-state index in [1.54, 1.807) is 0 Å². The Morgan fingerprint density at radius 1 is 1.53 bits per heavy atom. The summed E-state index contributed by atoms with van der Waals surface area (Å²) in [7, 11) is 0. The number of allylic oxidation sites excluding steroid dienone is 1. The second-order valence-corrected chi connectivity index (χ2v) is 4.58. The Balaban J connectivity index is 1.42. The largest absolute Gasteiger partial charge is 0.349 e. The minimum absolute atomic E-state index is 0.726. The van der Waals surface area contributed by atoms with Gasteiger partial charge in [-0.15, -0.1) is 0 Å². The van der Waals surface area contributed by atoms with E-state index in [9.17, 15) is 0 Å². The van der Waals surface area contributed by atoms with Crippen LogP contribution >= 0.6 is 0 Å². The van der Waals surface area contributed by atoms with E-state index in [0.29, 0.717) is 0 Å². The predicted molar refractivity (Wildman–Crippen MR) is 59.4 cm³/mol. The van der Waals surface area contributed by atoms with Gasteiger partial charge in [0.05, 0.1) is 0 Å². The average molecular weight is 203 g/mol. The Bertz CT molecular complexity index is 342. The van der Waals surface area contributed by atoms with Crippen LogP contribution in [0.25, 0.3) is 0 Å². The summed E-state index contributed by atoms with van der Waals surface area (Å²) in [4.78, 5) is 7.34. The van der Waals surface area contributed by atoms with Crippen LogP contribution in [-0.4, -0.2) is 22.6 Å². The Morgan fingerprint density at radius 3 is 3.33 bits per heavy atom. The molecule has 3 rings (SSSR count). The van der Waals surface area contributed by atoms with Gasteiger partial charge >= 0.3 is 0 Å². The number of imidazole rings is 1. The van der Waals surface area contributed by atoms with E-state index in [-0.39, 0.29) is 0 Å². The lowest BCUT2D eigenvalue weighted by atomic mass is 9.71. The molecule has 2 N–H and O–H groups in total. The number of H-pyrrole nitrogens is 1. The molecule has 2 aliphatic rings. The van der Waals surface area contributed by atoms with Crippen LogP contribution in [0.2, 0.25) is 0 Å². The van der Waals surface area contributed by atoms with Gasteiger partial charge in [0.25, 0.3) is 0 Å². The summed E-state index contributed by atoms with van der Waals surface area (Å²) in [5.74, 6) is 2.85. The molecular weight excluding hydrogens is 186 g/mol. The zero-order chi connectivity index (χ0) is 10.1. The van der Waals surface area contributed by atoms with Crippen LogP contribution in [0.15, 0.2) is 24.5 Å². The van der Waals surface area contributed by atoms with Crippen LogP contribution in [0.3, 0.4) is 0 Å². The molecule has 1 aromatic heterocycles. The number of hydrogen-bond donors (Lipinski definition) is 2. The zero-order valence-corrected chi connectivity index (χ0v) is 8.82. The van der Waals surface area contributed by atoms with Crippen LogP contribution in [0.1, 0.15) is 18.7 Å². The number of nitrogens with one attached hydrogen (secondary N) is 2. The second-order valence-electron chi connectivity index (χ2n) is 4.58. The van der Waals surface area contributed by atoms with E-state index in [1.807, 2.05) is 12.4 Å². The number of nitrogens with zero attached hydrogens (tertiary/aromatic N) is 1. The average Bonchev–Trinajstić information content (AvgIpc) is 2.82. The standard InChI is InChI=1S/C12H17N3/c1-2-9-8-11(10(9)3-1)13-5-4-12-14-6-7-15-12/h1,3,6-7,9-11,13H,2,4-5,8H2,(H,14,15). The lowest BCUT2D eigenvalue weighted by Gasteiger charge is -2.40. The normalized spacial score (nSPS) is 32.7. The van der Waals surface area contributed by atoms with E-state index in [1.165, 1.54) is 12.8 Å². The van der Waals surface area contributed by atoms with Crippen molar-refractivity contribution in [3.8, 4) is 0 Å². The van der Waals surface area contributed by atoms with Gasteiger partial charge in [0.2, 0.25) is 0 Å². The molecule has 3 nitrogen and oxygen atoms in total. The van der Waals surface area contributed by atoms with E-state index in [0.717, 1.165) is 36.7 Å². The molecule has 1 saturated carbocycles. The molecule has 0 aliphatic heterocycles. The van der Waals surface area contributed by atoms with Gasteiger partial charge in [0.15, 0.2) is 0 Å². The molecular formula is C12H17N3. The van der Waals surface area contributed by atoms with Crippen molar-refractivity contribution in [2.45, 2.75) is 25.3 Å². The third kappa shape index (κ3) is 1.72. The number of aromatic nitrogens is 2. The second kappa shape index (κ2) is 3.81. The molecule has 1 fully saturated rings. The van der Waals surface area contributed by atoms with Crippen LogP contribution < -0.4 is 5.32 Å². The SMILES string of the molecule is C1=CC2C(C1)CC2NCCc1ncc[nH]1. The van der Waals surface area contributed by atoms with Crippen molar-refractivity contribution in [2.75, 3.05) is 6.54 Å². The molecule has 0 amide bonds. The highest BCUT2D eigenvalue weighted by atomic mass is 15.0. The molecule has 1 heterocycles. The monoisotopic (exact) mass is 203 g/mol. The maximum absolute atomic E-state index is 4.21. The summed E-state index contributed by atoms with van der Waals surface area (Å²) in [5, 5.41) is 3.62. The van der Waals surface area contributed by atoms with Gasteiger partial charge in [-0.2, -0.15) is 0 Å². The van der Waals surface area contributed by atoms with Crippen LogP contribution in [0, 0.1) is 11.8 Å². The number of hydrogen-bond acceptors (Lipinski definition) is 2. The smallest absolute Gasteiger partial charge is 0.107 e. The first-order valence-electron chi connectivity index (χ1n) is 5.82. The number of fused-ring (bicyclic) bond motifs is 1. The molecule has 3 unspecified atom stereocenters. The van der Waals surface area contributed by atoms with Crippen LogP contribution in [0.4, 0.5) is 0 Å². The third-order valence-corrected chi connectivity index (χ3v) is 3.69. The van der Waals surface area contributed by atoms with E-state index < -0.39 is 0 Å². The summed E-state index contributed by atoms with van der Waals surface area (Å²) in [6.07, 6.45) is 12.1. The van der Waals surface area contributed by atoms with Crippen molar-refractivity contribution in [2.24, 2.45) is 11.8 Å². The van der Waals surface area contributed by atoms with Gasteiger partial charge in [-0.25, -0.2) is 4.98 Å². The van der Waals surface area contributed by atoms with Gasteiger partial charge in [0.1, 0.15) is 5.82 Å². The van der Waals surface area contributed by atoms with Crippen LogP contribution in [0.5, 0.6) is 0 Å². The Kier molecular flexibility index (Phi) is 2.33. The molecule has 0 spiro atoms. The fourth-order valence-electron chi connectivity index (χ4n) is 2.76. The van der Waals surface area contributed by atoms with Gasteiger partial charge in [0, 0.05) is 31.4 Å². The molecule has 15 heavy (non-hydrogen) atoms. The number of rotatable bonds is 4. The Hall–Kier alpha value is -1.09. The molecule has 0 radical (unpaired) electrons. The molecule has 2 aliphatic carbocycles. The lowest BCUT2D eigenvalue weighted by molar-refractivity contribution is 0.164. The predicted octanol–water partition coefficient (Wildman–Crippen LogP) is 1.51. The summed E-state index contributed by atoms with van der Waals surface area (Å²) in [5.41, 5.74) is 0. The highest BCUT2D eigenvalue weighted by Crippen LogP contribution is 2.42. The molecule has 0 saturated heterocycles. The highest BCUT2D eigenvalue weighted by molar-refractivity contribution is 5.12. The van der Waals surface area contributed by atoms with Crippen molar-refractivity contribution >= 4 is 0 Å². The summed E-state index contributed by atoms with van der Waals surface area (Å²) in [6.45, 7) is 1.04. The van der Waals surface area contributed by atoms with Gasteiger partial charge in [-0.05, 0) is 24.7 Å². The first kappa shape index (κ1) is 9.16. The summed E-state index contributed by atoms with van der Waals surface area (Å²) >= 11 is 0. The van der Waals surface area contributed by atoms with Crippen molar-refractivity contribution in [3.63, 3.8) is 0 Å². The van der Waals surface area contributed by atoms with Gasteiger partial charge in [-0.1, -0.05) is 12.2 Å². The highest BCUT2D eigenvalue weighted by Gasteiger charge is 2.40. The van der Waals surface area contributed by atoms with Crippen molar-refractivity contribution in [1.29, 1.82) is 0 Å². The van der Waals surface area contributed by atoms with Crippen molar-refractivity contribution < 1.29 is 0 Å². The quantitative estimate of drug-likeness (QED) is 0.728. The lowest BCUT2D eigenvalue weighted by Crippen LogP contribution is -2.48. The first-order valence-corrected chi connectivity index (χ1v) is 5.82. The van der Waals surface area contributed by atoms with Crippen LogP contribution in [-0.2, 0) is 6.42 Å². The zero-order valence-electron chi connectivity index (χ0n) is 8.82. The minimum atomic E-state index is 0.726. The Labute approximate surface area is 90.0 Å². The van der Waals surface area contributed by atoms with E-state index in [2.05, 4.69) is 27.4 Å². The summed E-state index contributed by atoms with van der Waals surface area (Å²) < 4.78 is 0. The summed E-state index contributed by atoms with van der Waals surface area (Å²) in [6, 6.07) is 0.726. The number of aromatic amines is 1. The Morgan fingerprint density at radius 2 is 2.53 bits per heavy atom. The minimum Gasteiger partial charge on any atom is -0.349 e. The fourth-order valence-corrected chi connectivity index (χ4v) is 2.76. The van der Waals surface area contributed by atoms with Crippen molar-refractivity contribution in [1.82, 2.24) is 15.3 Å². The molecule has 0 aromatic carbocycles. The molecule has 0 bridgehead atoms. The van der Waals surface area contributed by atoms with E-state index >= 15 is 0 Å². The maximum atomic E-state index is 4.21.